The van der Waals surface area contributed by atoms with Crippen molar-refractivity contribution in [2.45, 2.75) is 45.2 Å². The molecule has 1 aliphatic rings. The summed E-state index contributed by atoms with van der Waals surface area (Å²) in [7, 11) is 2.07. The Kier molecular flexibility index (Phi) is 3.94. The monoisotopic (exact) mass is 289 g/mol. The van der Waals surface area contributed by atoms with Crippen LogP contribution in [0.15, 0.2) is 23.8 Å². The molecule has 2 aromatic heterocycles. The minimum absolute atomic E-state index is 0.525. The highest BCUT2D eigenvalue weighted by Crippen LogP contribution is 2.40. The third-order valence-corrected chi connectivity index (χ3v) is 5.14. The first-order valence-corrected chi connectivity index (χ1v) is 8.32. The van der Waals surface area contributed by atoms with Crippen LogP contribution < -0.4 is 5.32 Å². The van der Waals surface area contributed by atoms with Gasteiger partial charge in [-0.25, -0.2) is 4.98 Å². The maximum absolute atomic E-state index is 4.71. The van der Waals surface area contributed by atoms with Crippen LogP contribution in [0.2, 0.25) is 0 Å². The normalized spacial score (nSPS) is 16.8. The smallest absolute Gasteiger partial charge is 0.0954 e. The number of hydrogen-bond donors (Lipinski definition) is 1. The van der Waals surface area contributed by atoms with Gasteiger partial charge in [0.1, 0.15) is 0 Å². The fourth-order valence-corrected chi connectivity index (χ4v) is 3.52. The molecule has 1 N–H and O–H groups in total. The molecule has 4 heteroatoms. The molecule has 3 nitrogen and oxygen atoms in total. The molecule has 1 aliphatic carbocycles. The Morgan fingerprint density at radius 1 is 1.45 bits per heavy atom. The number of hydrogen-bond acceptors (Lipinski definition) is 3. The van der Waals surface area contributed by atoms with Gasteiger partial charge in [-0.3, -0.25) is 0 Å². The van der Waals surface area contributed by atoms with E-state index in [0.717, 1.165) is 12.5 Å². The SMILES string of the molecule is CNC(c1ccn(Cc2csc(C(C)C)n2)c1)C1CC1. The molecule has 1 atom stereocenters. The van der Waals surface area contributed by atoms with Crippen LogP contribution >= 0.6 is 11.3 Å². The lowest BCUT2D eigenvalue weighted by atomic mass is 10.1. The summed E-state index contributed by atoms with van der Waals surface area (Å²) >= 11 is 1.77. The van der Waals surface area contributed by atoms with Crippen molar-refractivity contribution in [1.82, 2.24) is 14.9 Å². The molecule has 20 heavy (non-hydrogen) atoms. The van der Waals surface area contributed by atoms with Gasteiger partial charge < -0.3 is 9.88 Å². The highest BCUT2D eigenvalue weighted by atomic mass is 32.1. The topological polar surface area (TPSA) is 29.9 Å². The zero-order chi connectivity index (χ0) is 14.1. The van der Waals surface area contributed by atoms with Crippen molar-refractivity contribution >= 4 is 11.3 Å². The second-order valence-electron chi connectivity index (χ2n) is 6.05. The molecule has 1 fully saturated rings. The van der Waals surface area contributed by atoms with E-state index in [1.54, 1.807) is 11.3 Å². The number of nitrogens with one attached hydrogen (secondary N) is 1. The van der Waals surface area contributed by atoms with Crippen LogP contribution in [0.4, 0.5) is 0 Å². The quantitative estimate of drug-likeness (QED) is 0.877. The largest absolute Gasteiger partial charge is 0.348 e. The Bertz CT molecular complexity index is 566. The van der Waals surface area contributed by atoms with Crippen molar-refractivity contribution < 1.29 is 0 Å². The average Bonchev–Trinajstić information content (AvgIpc) is 2.97. The molecule has 0 amide bonds. The highest BCUT2D eigenvalue weighted by Gasteiger charge is 2.31. The first kappa shape index (κ1) is 13.8. The molecule has 0 aromatic carbocycles. The average molecular weight is 289 g/mol. The standard InChI is InChI=1S/C16H23N3S/c1-11(2)16-18-14(10-20-16)9-19-7-6-13(8-19)15(17-3)12-4-5-12/h6-8,10-12,15,17H,4-5,9H2,1-3H3. The second-order valence-corrected chi connectivity index (χ2v) is 6.94. The van der Waals surface area contributed by atoms with Crippen LogP contribution in [-0.4, -0.2) is 16.6 Å². The number of rotatable bonds is 6. The molecule has 0 spiro atoms. The molecule has 2 aromatic rings. The van der Waals surface area contributed by atoms with Crippen LogP contribution in [0, 0.1) is 5.92 Å². The van der Waals surface area contributed by atoms with Crippen LogP contribution in [0.1, 0.15) is 54.9 Å². The zero-order valence-electron chi connectivity index (χ0n) is 12.5. The van der Waals surface area contributed by atoms with E-state index in [1.807, 2.05) is 0 Å². The summed E-state index contributed by atoms with van der Waals surface area (Å²) in [4.78, 5) is 4.71. The van der Waals surface area contributed by atoms with Crippen molar-refractivity contribution in [3.8, 4) is 0 Å². The number of aromatic nitrogens is 2. The van der Waals surface area contributed by atoms with Gasteiger partial charge >= 0.3 is 0 Å². The molecule has 108 valence electrons. The summed E-state index contributed by atoms with van der Waals surface area (Å²) in [6, 6.07) is 2.77. The summed E-state index contributed by atoms with van der Waals surface area (Å²) in [6.45, 7) is 5.28. The predicted octanol–water partition coefficient (Wildman–Crippen LogP) is 3.79. The first-order valence-electron chi connectivity index (χ1n) is 7.44. The zero-order valence-corrected chi connectivity index (χ0v) is 13.3. The van der Waals surface area contributed by atoms with Gasteiger partial charge in [0.15, 0.2) is 0 Å². The third-order valence-electron chi connectivity index (χ3n) is 3.94. The van der Waals surface area contributed by atoms with Crippen LogP contribution in [0.3, 0.4) is 0 Å². The minimum Gasteiger partial charge on any atom is -0.348 e. The summed E-state index contributed by atoms with van der Waals surface area (Å²) in [5.41, 5.74) is 2.59. The fourth-order valence-electron chi connectivity index (χ4n) is 2.69. The molecular formula is C16H23N3S. The molecular weight excluding hydrogens is 266 g/mol. The Balaban J connectivity index is 1.69. The van der Waals surface area contributed by atoms with E-state index < -0.39 is 0 Å². The molecule has 0 bridgehead atoms. The molecule has 3 rings (SSSR count). The van der Waals surface area contributed by atoms with E-state index in [0.29, 0.717) is 12.0 Å². The van der Waals surface area contributed by atoms with Crippen molar-refractivity contribution in [3.05, 3.63) is 40.1 Å². The van der Waals surface area contributed by atoms with Gasteiger partial charge in [0, 0.05) is 29.7 Å². The van der Waals surface area contributed by atoms with E-state index in [2.05, 4.69) is 54.6 Å². The van der Waals surface area contributed by atoms with Crippen molar-refractivity contribution in [2.75, 3.05) is 7.05 Å². The maximum atomic E-state index is 4.71. The van der Waals surface area contributed by atoms with Gasteiger partial charge in [-0.05, 0) is 37.4 Å². The molecule has 0 radical (unpaired) electrons. The molecule has 2 heterocycles. The molecule has 0 saturated heterocycles. The van der Waals surface area contributed by atoms with Gasteiger partial charge in [-0.15, -0.1) is 11.3 Å². The maximum Gasteiger partial charge on any atom is 0.0954 e. The lowest BCUT2D eigenvalue weighted by Crippen LogP contribution is -2.17. The van der Waals surface area contributed by atoms with Crippen molar-refractivity contribution in [2.24, 2.45) is 5.92 Å². The summed E-state index contributed by atoms with van der Waals surface area (Å²) in [5, 5.41) is 6.87. The fraction of sp³-hybridized carbons (Fsp3) is 0.562. The Morgan fingerprint density at radius 3 is 2.85 bits per heavy atom. The lowest BCUT2D eigenvalue weighted by Gasteiger charge is -2.13. The van der Waals surface area contributed by atoms with E-state index in [9.17, 15) is 0 Å². The van der Waals surface area contributed by atoms with E-state index in [1.165, 1.54) is 29.1 Å². The second kappa shape index (κ2) is 5.70. The molecule has 1 unspecified atom stereocenters. The summed E-state index contributed by atoms with van der Waals surface area (Å²) < 4.78 is 2.25. The summed E-state index contributed by atoms with van der Waals surface area (Å²) in [6.07, 6.45) is 7.17. The summed E-state index contributed by atoms with van der Waals surface area (Å²) in [5.74, 6) is 1.36. The molecule has 0 aliphatic heterocycles. The van der Waals surface area contributed by atoms with Gasteiger partial charge in [-0.2, -0.15) is 0 Å². The predicted molar refractivity (Wildman–Crippen MR) is 84.3 cm³/mol. The Morgan fingerprint density at radius 2 is 2.25 bits per heavy atom. The van der Waals surface area contributed by atoms with E-state index >= 15 is 0 Å². The van der Waals surface area contributed by atoms with E-state index in [4.69, 9.17) is 4.98 Å². The lowest BCUT2D eigenvalue weighted by molar-refractivity contribution is 0.528. The van der Waals surface area contributed by atoms with Crippen LogP contribution in [0.5, 0.6) is 0 Å². The Hall–Kier alpha value is -1.13. The van der Waals surface area contributed by atoms with Crippen LogP contribution in [-0.2, 0) is 6.54 Å². The highest BCUT2D eigenvalue weighted by molar-refractivity contribution is 7.09. The Labute approximate surface area is 125 Å². The van der Waals surface area contributed by atoms with Crippen molar-refractivity contribution in [3.63, 3.8) is 0 Å². The first-order chi connectivity index (χ1) is 9.67. The number of nitrogens with zero attached hydrogens (tertiary/aromatic N) is 2. The van der Waals surface area contributed by atoms with Gasteiger partial charge in [0.25, 0.3) is 0 Å². The number of thiazole rings is 1. The third kappa shape index (κ3) is 2.96. The minimum atomic E-state index is 0.525. The van der Waals surface area contributed by atoms with Gasteiger partial charge in [0.2, 0.25) is 0 Å². The van der Waals surface area contributed by atoms with Gasteiger partial charge in [-0.1, -0.05) is 13.8 Å². The van der Waals surface area contributed by atoms with Crippen molar-refractivity contribution in [1.29, 1.82) is 0 Å². The van der Waals surface area contributed by atoms with E-state index in [-0.39, 0.29) is 0 Å². The van der Waals surface area contributed by atoms with Gasteiger partial charge in [0.05, 0.1) is 17.2 Å². The molecule has 1 saturated carbocycles. The van der Waals surface area contributed by atoms with Crippen LogP contribution in [0.25, 0.3) is 0 Å².